The van der Waals surface area contributed by atoms with Gasteiger partial charge in [0.2, 0.25) is 0 Å². The Balaban J connectivity index is 1.99. The highest BCUT2D eigenvalue weighted by Crippen LogP contribution is 2.19. The maximum absolute atomic E-state index is 10.6. The molecular weight excluding hydrogens is 146 g/mol. The fourth-order valence-corrected chi connectivity index (χ4v) is 1.34. The van der Waals surface area contributed by atoms with Crippen LogP contribution in [0.15, 0.2) is 5.16 Å². The molecule has 1 saturated heterocycles. The molecule has 0 aromatic carbocycles. The van der Waals surface area contributed by atoms with Crippen molar-refractivity contribution in [3.8, 4) is 0 Å². The lowest BCUT2D eigenvalue weighted by Gasteiger charge is -2.01. The molecule has 0 N–H and O–H groups in total. The third-order valence-corrected chi connectivity index (χ3v) is 1.99. The first-order valence-corrected chi connectivity index (χ1v) is 3.70. The van der Waals surface area contributed by atoms with Crippen molar-refractivity contribution >= 4 is 11.7 Å². The van der Waals surface area contributed by atoms with E-state index in [0.717, 1.165) is 18.7 Å². The molecule has 0 aromatic rings. The monoisotopic (exact) mass is 155 g/mol. The van der Waals surface area contributed by atoms with E-state index >= 15 is 0 Å². The topological polar surface area (TPSA) is 47.9 Å². The maximum atomic E-state index is 10.6. The lowest BCUT2D eigenvalue weighted by Crippen LogP contribution is -2.13. The summed E-state index contributed by atoms with van der Waals surface area (Å²) in [7, 11) is 0. The van der Waals surface area contributed by atoms with Crippen molar-refractivity contribution in [2.24, 2.45) is 11.1 Å². The zero-order valence-corrected chi connectivity index (χ0v) is 6.08. The molecule has 0 bridgehead atoms. The minimum Gasteiger partial charge on any atom is -0.381 e. The Morgan fingerprint density at radius 2 is 2.45 bits per heavy atom. The van der Waals surface area contributed by atoms with Crippen molar-refractivity contribution < 1.29 is 14.4 Å². The smallest absolute Gasteiger partial charge is 0.340 e. The summed E-state index contributed by atoms with van der Waals surface area (Å²) in [6, 6.07) is 0. The number of carbonyl (C=O) groups is 1. The fourth-order valence-electron chi connectivity index (χ4n) is 1.34. The summed E-state index contributed by atoms with van der Waals surface area (Å²) in [6.07, 6.45) is 1.32. The number of hydrogen-bond acceptors (Lipinski definition) is 4. The molecule has 60 valence electrons. The molecule has 0 spiro atoms. The van der Waals surface area contributed by atoms with Crippen LogP contribution in [0.4, 0.5) is 0 Å². The third kappa shape index (κ3) is 1.26. The lowest BCUT2D eigenvalue weighted by atomic mass is 10.0. The van der Waals surface area contributed by atoms with Gasteiger partial charge in [-0.2, -0.15) is 0 Å². The van der Waals surface area contributed by atoms with Crippen LogP contribution in [-0.2, 0) is 14.4 Å². The second-order valence-electron chi connectivity index (χ2n) is 2.78. The molecule has 4 nitrogen and oxygen atoms in total. The van der Waals surface area contributed by atoms with Gasteiger partial charge in [-0.25, -0.2) is 4.79 Å². The van der Waals surface area contributed by atoms with Crippen molar-refractivity contribution in [2.75, 3.05) is 13.2 Å². The number of ether oxygens (including phenoxy) is 1. The molecule has 0 amide bonds. The first-order valence-electron chi connectivity index (χ1n) is 3.70. The van der Waals surface area contributed by atoms with Gasteiger partial charge >= 0.3 is 5.97 Å². The molecule has 1 unspecified atom stereocenters. The first-order chi connectivity index (χ1) is 5.36. The van der Waals surface area contributed by atoms with E-state index in [2.05, 4.69) is 9.99 Å². The van der Waals surface area contributed by atoms with Crippen LogP contribution in [0.3, 0.4) is 0 Å². The Hall–Kier alpha value is -0.900. The lowest BCUT2D eigenvalue weighted by molar-refractivity contribution is -0.140. The van der Waals surface area contributed by atoms with Crippen LogP contribution < -0.4 is 0 Å². The Morgan fingerprint density at radius 1 is 1.55 bits per heavy atom. The molecule has 2 aliphatic rings. The van der Waals surface area contributed by atoms with Crippen LogP contribution in [0, 0.1) is 5.92 Å². The molecule has 1 fully saturated rings. The molecule has 4 heteroatoms. The molecule has 2 heterocycles. The second kappa shape index (κ2) is 2.62. The van der Waals surface area contributed by atoms with Crippen molar-refractivity contribution in [3.05, 3.63) is 0 Å². The predicted molar refractivity (Wildman–Crippen MR) is 37.1 cm³/mol. The minimum absolute atomic E-state index is 0.244. The number of nitrogens with zero attached hydrogens (tertiary/aromatic N) is 1. The van der Waals surface area contributed by atoms with E-state index in [4.69, 9.17) is 4.74 Å². The van der Waals surface area contributed by atoms with Gasteiger partial charge < -0.3 is 9.57 Å². The van der Waals surface area contributed by atoms with Gasteiger partial charge in [-0.3, -0.25) is 0 Å². The van der Waals surface area contributed by atoms with Crippen LogP contribution >= 0.6 is 0 Å². The van der Waals surface area contributed by atoms with Gasteiger partial charge in [0.1, 0.15) is 0 Å². The highest BCUT2D eigenvalue weighted by Gasteiger charge is 2.28. The molecule has 11 heavy (non-hydrogen) atoms. The van der Waals surface area contributed by atoms with Crippen molar-refractivity contribution in [1.29, 1.82) is 0 Å². The van der Waals surface area contributed by atoms with E-state index in [0.29, 0.717) is 18.9 Å². The highest BCUT2D eigenvalue weighted by molar-refractivity contribution is 6.03. The van der Waals surface area contributed by atoms with Gasteiger partial charge in [0.05, 0.1) is 18.7 Å². The number of hydrogen-bond donors (Lipinski definition) is 0. The van der Waals surface area contributed by atoms with E-state index in [9.17, 15) is 4.79 Å². The van der Waals surface area contributed by atoms with Crippen LogP contribution in [0.1, 0.15) is 12.8 Å². The molecule has 1 atom stereocenters. The van der Waals surface area contributed by atoms with Gasteiger partial charge in [0.15, 0.2) is 0 Å². The average molecular weight is 155 g/mol. The second-order valence-corrected chi connectivity index (χ2v) is 2.78. The Morgan fingerprint density at radius 3 is 3.00 bits per heavy atom. The predicted octanol–water partition coefficient (Wildman–Crippen LogP) is 0.326. The Labute approximate surface area is 64.2 Å². The summed E-state index contributed by atoms with van der Waals surface area (Å²) in [4.78, 5) is 15.1. The van der Waals surface area contributed by atoms with E-state index < -0.39 is 0 Å². The van der Waals surface area contributed by atoms with Crippen molar-refractivity contribution in [1.82, 2.24) is 0 Å². The SMILES string of the molecule is O=C1CC(C2CCOC2)=NO1. The number of rotatable bonds is 1. The summed E-state index contributed by atoms with van der Waals surface area (Å²) >= 11 is 0. The van der Waals surface area contributed by atoms with Crippen molar-refractivity contribution in [2.45, 2.75) is 12.8 Å². The Bertz CT molecular complexity index is 206. The molecule has 0 aliphatic carbocycles. The van der Waals surface area contributed by atoms with Crippen molar-refractivity contribution in [3.63, 3.8) is 0 Å². The van der Waals surface area contributed by atoms with Gasteiger partial charge in [-0.05, 0) is 6.42 Å². The van der Waals surface area contributed by atoms with E-state index in [1.54, 1.807) is 0 Å². The largest absolute Gasteiger partial charge is 0.381 e. The summed E-state index contributed by atoms with van der Waals surface area (Å²) < 4.78 is 5.16. The number of oxime groups is 1. The maximum Gasteiger partial charge on any atom is 0.340 e. The number of carbonyl (C=O) groups excluding carboxylic acids is 1. The van der Waals surface area contributed by atoms with Gasteiger partial charge in [-0.1, -0.05) is 5.16 Å². The third-order valence-electron chi connectivity index (χ3n) is 1.99. The molecule has 0 radical (unpaired) electrons. The summed E-state index contributed by atoms with van der Waals surface area (Å²) in [6.45, 7) is 1.47. The zero-order chi connectivity index (χ0) is 7.68. The summed E-state index contributed by atoms with van der Waals surface area (Å²) in [5.74, 6) is 0.0772. The average Bonchev–Trinajstić information content (AvgIpc) is 2.55. The van der Waals surface area contributed by atoms with Gasteiger partial charge in [-0.15, -0.1) is 0 Å². The van der Waals surface area contributed by atoms with Crippen LogP contribution in [-0.4, -0.2) is 24.9 Å². The molecule has 2 rings (SSSR count). The minimum atomic E-state index is -0.244. The van der Waals surface area contributed by atoms with E-state index in [1.807, 2.05) is 0 Å². The molecular formula is C7H9NO3. The van der Waals surface area contributed by atoms with Crippen LogP contribution in [0.2, 0.25) is 0 Å². The fraction of sp³-hybridized carbons (Fsp3) is 0.714. The Kier molecular flexibility index (Phi) is 1.62. The van der Waals surface area contributed by atoms with Gasteiger partial charge in [0, 0.05) is 12.5 Å². The van der Waals surface area contributed by atoms with E-state index in [1.165, 1.54) is 0 Å². The quantitative estimate of drug-likeness (QED) is 0.512. The normalized spacial score (nSPS) is 30.4. The molecule has 2 aliphatic heterocycles. The highest BCUT2D eigenvalue weighted by atomic mass is 16.7. The molecule has 0 aromatic heterocycles. The standard InChI is InChI=1S/C7H9NO3/c9-7-3-6(8-11-7)5-1-2-10-4-5/h5H,1-4H2. The summed E-state index contributed by atoms with van der Waals surface area (Å²) in [5, 5.41) is 3.69. The van der Waals surface area contributed by atoms with Crippen LogP contribution in [0.25, 0.3) is 0 Å². The summed E-state index contributed by atoms with van der Waals surface area (Å²) in [5.41, 5.74) is 0.854. The zero-order valence-electron chi connectivity index (χ0n) is 6.08. The van der Waals surface area contributed by atoms with Crippen LogP contribution in [0.5, 0.6) is 0 Å². The molecule has 0 saturated carbocycles. The first kappa shape index (κ1) is 6.79. The van der Waals surface area contributed by atoms with E-state index in [-0.39, 0.29) is 5.97 Å². The van der Waals surface area contributed by atoms with Gasteiger partial charge in [0.25, 0.3) is 0 Å².